The van der Waals surface area contributed by atoms with Crippen LogP contribution in [0.5, 0.6) is 0 Å². The minimum absolute atomic E-state index is 0.0563. The number of rotatable bonds is 5. The Morgan fingerprint density at radius 1 is 1.30 bits per heavy atom. The van der Waals surface area contributed by atoms with Gasteiger partial charge < -0.3 is 9.47 Å². The van der Waals surface area contributed by atoms with Gasteiger partial charge >= 0.3 is 11.9 Å². The van der Waals surface area contributed by atoms with Crippen LogP contribution in [0.1, 0.15) is 45.0 Å². The van der Waals surface area contributed by atoms with Gasteiger partial charge in [-0.25, -0.2) is 4.98 Å². The summed E-state index contributed by atoms with van der Waals surface area (Å²) >= 11 is 0. The highest BCUT2D eigenvalue weighted by Crippen LogP contribution is 2.24. The minimum atomic E-state index is -1.38. The van der Waals surface area contributed by atoms with Gasteiger partial charge in [0, 0.05) is 6.07 Å². The molecule has 1 heterocycles. The highest BCUT2D eigenvalue weighted by Gasteiger charge is 2.36. The summed E-state index contributed by atoms with van der Waals surface area (Å²) in [5.41, 5.74) is -0.829. The van der Waals surface area contributed by atoms with Gasteiger partial charge in [-0.3, -0.25) is 19.7 Å². The summed E-state index contributed by atoms with van der Waals surface area (Å²) in [6, 6.07) is 2.46. The maximum absolute atomic E-state index is 12.3. The second kappa shape index (κ2) is 7.17. The second-order valence-electron chi connectivity index (χ2n) is 5.82. The SMILES string of the molecule is CCOC(=O)C(C(=O)OC(C)(C)C)c1ccc([N+](=O)[O-])c(C)n1. The summed E-state index contributed by atoms with van der Waals surface area (Å²) in [6.45, 7) is 8.13. The van der Waals surface area contributed by atoms with Gasteiger partial charge in [0.1, 0.15) is 11.3 Å². The van der Waals surface area contributed by atoms with Crippen LogP contribution in [0.2, 0.25) is 0 Å². The largest absolute Gasteiger partial charge is 0.465 e. The number of hydrogen-bond acceptors (Lipinski definition) is 7. The van der Waals surface area contributed by atoms with Crippen molar-refractivity contribution in [2.45, 2.75) is 46.1 Å². The number of nitro groups is 1. The lowest BCUT2D eigenvalue weighted by atomic mass is 10.0. The molecule has 0 radical (unpaired) electrons. The van der Waals surface area contributed by atoms with Gasteiger partial charge in [0.2, 0.25) is 0 Å². The highest BCUT2D eigenvalue weighted by atomic mass is 16.6. The first kappa shape index (κ1) is 18.5. The molecule has 0 fully saturated rings. The maximum atomic E-state index is 12.3. The van der Waals surface area contributed by atoms with Crippen LogP contribution in [0.15, 0.2) is 12.1 Å². The molecule has 1 rings (SSSR count). The van der Waals surface area contributed by atoms with Gasteiger partial charge in [-0.15, -0.1) is 0 Å². The van der Waals surface area contributed by atoms with Gasteiger partial charge in [-0.1, -0.05) is 0 Å². The van der Waals surface area contributed by atoms with E-state index in [-0.39, 0.29) is 23.7 Å². The van der Waals surface area contributed by atoms with Gasteiger partial charge in [0.05, 0.1) is 17.2 Å². The van der Waals surface area contributed by atoms with E-state index in [0.717, 1.165) is 0 Å². The molecule has 1 aromatic heterocycles. The van der Waals surface area contributed by atoms with E-state index in [1.807, 2.05) is 0 Å². The van der Waals surface area contributed by atoms with Crippen molar-refractivity contribution in [2.75, 3.05) is 6.61 Å². The number of aromatic nitrogens is 1. The molecule has 0 spiro atoms. The van der Waals surface area contributed by atoms with Gasteiger partial charge in [0.25, 0.3) is 5.69 Å². The summed E-state index contributed by atoms with van der Waals surface area (Å²) in [7, 11) is 0. The van der Waals surface area contributed by atoms with E-state index >= 15 is 0 Å². The van der Waals surface area contributed by atoms with E-state index in [9.17, 15) is 19.7 Å². The standard InChI is InChI=1S/C15H20N2O6/c1-6-22-13(18)12(14(19)23-15(3,4)5)10-7-8-11(17(20)21)9(2)16-10/h7-8,12H,6H2,1-5H3. The van der Waals surface area contributed by atoms with Crippen molar-refractivity contribution in [3.05, 3.63) is 33.6 Å². The third-order valence-corrected chi connectivity index (χ3v) is 2.74. The fraction of sp³-hybridized carbons (Fsp3) is 0.533. The lowest BCUT2D eigenvalue weighted by Gasteiger charge is -2.23. The molecule has 0 N–H and O–H groups in total. The summed E-state index contributed by atoms with van der Waals surface area (Å²) in [5.74, 6) is -2.99. The van der Waals surface area contributed by atoms with Crippen molar-refractivity contribution in [3.63, 3.8) is 0 Å². The van der Waals surface area contributed by atoms with Crippen LogP contribution in [-0.2, 0) is 19.1 Å². The summed E-state index contributed by atoms with van der Waals surface area (Å²) < 4.78 is 10.1. The zero-order chi connectivity index (χ0) is 17.8. The van der Waals surface area contributed by atoms with E-state index in [1.54, 1.807) is 27.7 Å². The molecule has 23 heavy (non-hydrogen) atoms. The topological polar surface area (TPSA) is 109 Å². The molecule has 0 aromatic carbocycles. The van der Waals surface area contributed by atoms with Crippen LogP contribution in [-0.4, -0.2) is 34.1 Å². The molecule has 0 aliphatic carbocycles. The first-order valence-corrected chi connectivity index (χ1v) is 7.08. The number of carbonyl (C=O) groups is 2. The van der Waals surface area contributed by atoms with Gasteiger partial charge in [0.15, 0.2) is 5.92 Å². The summed E-state index contributed by atoms with van der Waals surface area (Å²) in [4.78, 5) is 38.7. The van der Waals surface area contributed by atoms with Crippen molar-refractivity contribution in [3.8, 4) is 0 Å². The number of nitrogens with zero attached hydrogens (tertiary/aromatic N) is 2. The smallest absolute Gasteiger partial charge is 0.327 e. The Hall–Kier alpha value is -2.51. The van der Waals surface area contributed by atoms with Gasteiger partial charge in [-0.2, -0.15) is 0 Å². The quantitative estimate of drug-likeness (QED) is 0.354. The molecular formula is C15H20N2O6. The molecule has 126 valence electrons. The van der Waals surface area contributed by atoms with Crippen molar-refractivity contribution in [2.24, 2.45) is 0 Å². The number of carbonyl (C=O) groups excluding carboxylic acids is 2. The van der Waals surface area contributed by atoms with Crippen LogP contribution in [0.4, 0.5) is 5.69 Å². The Labute approximate surface area is 134 Å². The lowest BCUT2D eigenvalue weighted by Crippen LogP contribution is -2.33. The van der Waals surface area contributed by atoms with E-state index in [1.165, 1.54) is 19.1 Å². The number of aryl methyl sites for hydroxylation is 1. The molecule has 1 atom stereocenters. The molecule has 8 nitrogen and oxygen atoms in total. The van der Waals surface area contributed by atoms with Crippen molar-refractivity contribution < 1.29 is 24.0 Å². The van der Waals surface area contributed by atoms with E-state index in [2.05, 4.69) is 4.98 Å². The molecule has 8 heteroatoms. The molecule has 1 unspecified atom stereocenters. The molecule has 0 aliphatic rings. The fourth-order valence-electron chi connectivity index (χ4n) is 1.85. The third kappa shape index (κ3) is 5.01. The molecule has 1 aromatic rings. The second-order valence-corrected chi connectivity index (χ2v) is 5.82. The van der Waals surface area contributed by atoms with Crippen LogP contribution in [0, 0.1) is 17.0 Å². The average molecular weight is 324 g/mol. The molecule has 0 amide bonds. The molecule has 0 saturated carbocycles. The number of hydrogen-bond donors (Lipinski definition) is 0. The first-order chi connectivity index (χ1) is 10.6. The van der Waals surface area contributed by atoms with Crippen LogP contribution < -0.4 is 0 Å². The number of ether oxygens (including phenoxy) is 2. The lowest BCUT2D eigenvalue weighted by molar-refractivity contribution is -0.385. The Bertz CT molecular complexity index is 621. The Kier molecular flexibility index (Phi) is 5.78. The minimum Gasteiger partial charge on any atom is -0.465 e. The van der Waals surface area contributed by atoms with E-state index in [0.29, 0.717) is 0 Å². The molecule has 0 aliphatic heterocycles. The maximum Gasteiger partial charge on any atom is 0.327 e. The molecule has 0 saturated heterocycles. The first-order valence-electron chi connectivity index (χ1n) is 7.08. The zero-order valence-corrected chi connectivity index (χ0v) is 13.8. The average Bonchev–Trinajstić information content (AvgIpc) is 2.36. The fourth-order valence-corrected chi connectivity index (χ4v) is 1.85. The predicted octanol–water partition coefficient (Wildman–Crippen LogP) is 2.29. The van der Waals surface area contributed by atoms with Gasteiger partial charge in [-0.05, 0) is 40.7 Å². The van der Waals surface area contributed by atoms with Crippen LogP contribution in [0.3, 0.4) is 0 Å². The summed E-state index contributed by atoms with van der Waals surface area (Å²) in [6.07, 6.45) is 0. The van der Waals surface area contributed by atoms with Crippen LogP contribution in [0.25, 0.3) is 0 Å². The predicted molar refractivity (Wildman–Crippen MR) is 80.8 cm³/mol. The molecular weight excluding hydrogens is 304 g/mol. The Balaban J connectivity index is 3.24. The normalized spacial score (nSPS) is 12.4. The highest BCUT2D eigenvalue weighted by molar-refractivity contribution is 6.00. The summed E-state index contributed by atoms with van der Waals surface area (Å²) in [5, 5.41) is 10.8. The van der Waals surface area contributed by atoms with Crippen molar-refractivity contribution >= 4 is 17.6 Å². The Morgan fingerprint density at radius 2 is 1.91 bits per heavy atom. The van der Waals surface area contributed by atoms with E-state index in [4.69, 9.17) is 9.47 Å². The van der Waals surface area contributed by atoms with Crippen LogP contribution >= 0.6 is 0 Å². The zero-order valence-electron chi connectivity index (χ0n) is 13.8. The monoisotopic (exact) mass is 324 g/mol. The third-order valence-electron chi connectivity index (χ3n) is 2.74. The Morgan fingerprint density at radius 3 is 2.35 bits per heavy atom. The van der Waals surface area contributed by atoms with Crippen molar-refractivity contribution in [1.29, 1.82) is 0 Å². The number of esters is 2. The van der Waals surface area contributed by atoms with Crippen molar-refractivity contribution in [1.82, 2.24) is 4.98 Å². The van der Waals surface area contributed by atoms with E-state index < -0.39 is 28.4 Å². The molecule has 0 bridgehead atoms. The number of pyridine rings is 1.